The standard InChI is InChI=1S/C23H31N3O/c1-7-27-18-13-9-8-12-17(18)20-21(25-23(5,6)16-22(2,3)4)26-15-11-10-14-19(26)24-20/h8-15,25H,7,16H2,1-6H3. The summed E-state index contributed by atoms with van der Waals surface area (Å²) < 4.78 is 8.00. The molecule has 0 aliphatic heterocycles. The van der Waals surface area contributed by atoms with Crippen LogP contribution in [-0.2, 0) is 0 Å². The molecule has 0 aliphatic carbocycles. The predicted molar refractivity (Wildman–Crippen MR) is 114 cm³/mol. The third kappa shape index (κ3) is 4.44. The number of para-hydroxylation sites is 1. The monoisotopic (exact) mass is 365 g/mol. The Bertz CT molecular complexity index is 919. The van der Waals surface area contributed by atoms with E-state index in [1.54, 1.807) is 0 Å². The van der Waals surface area contributed by atoms with Crippen LogP contribution in [0.15, 0.2) is 48.7 Å². The lowest BCUT2D eigenvalue weighted by Gasteiger charge is -2.34. The van der Waals surface area contributed by atoms with Crippen molar-refractivity contribution >= 4 is 11.5 Å². The highest BCUT2D eigenvalue weighted by molar-refractivity contribution is 5.80. The number of imidazole rings is 1. The number of pyridine rings is 1. The molecule has 0 atom stereocenters. The lowest BCUT2D eigenvalue weighted by molar-refractivity contribution is 0.302. The first-order chi connectivity index (χ1) is 12.7. The maximum Gasteiger partial charge on any atom is 0.139 e. The maximum atomic E-state index is 5.88. The summed E-state index contributed by atoms with van der Waals surface area (Å²) >= 11 is 0. The van der Waals surface area contributed by atoms with Gasteiger partial charge >= 0.3 is 0 Å². The van der Waals surface area contributed by atoms with Gasteiger partial charge in [0.2, 0.25) is 0 Å². The van der Waals surface area contributed by atoms with E-state index in [2.05, 4.69) is 56.6 Å². The van der Waals surface area contributed by atoms with Crippen molar-refractivity contribution in [1.82, 2.24) is 9.38 Å². The number of ether oxygens (including phenoxy) is 1. The van der Waals surface area contributed by atoms with Crippen molar-refractivity contribution in [3.8, 4) is 17.0 Å². The first-order valence-electron chi connectivity index (χ1n) is 9.68. The molecule has 1 aromatic carbocycles. The number of aromatic nitrogens is 2. The van der Waals surface area contributed by atoms with Crippen LogP contribution in [0.5, 0.6) is 5.75 Å². The van der Waals surface area contributed by atoms with Crippen LogP contribution in [0.3, 0.4) is 0 Å². The van der Waals surface area contributed by atoms with Gasteiger partial charge in [0.05, 0.1) is 6.61 Å². The highest BCUT2D eigenvalue weighted by atomic mass is 16.5. The van der Waals surface area contributed by atoms with E-state index >= 15 is 0 Å². The molecule has 144 valence electrons. The third-order valence-electron chi connectivity index (χ3n) is 4.40. The second kappa shape index (κ2) is 7.26. The average Bonchev–Trinajstić information content (AvgIpc) is 2.91. The van der Waals surface area contributed by atoms with E-state index in [4.69, 9.17) is 9.72 Å². The number of benzene rings is 1. The maximum absolute atomic E-state index is 5.88. The summed E-state index contributed by atoms with van der Waals surface area (Å²) in [6.07, 6.45) is 3.09. The quantitative estimate of drug-likeness (QED) is 0.580. The topological polar surface area (TPSA) is 38.6 Å². The first kappa shape index (κ1) is 19.3. The van der Waals surface area contributed by atoms with E-state index in [-0.39, 0.29) is 11.0 Å². The van der Waals surface area contributed by atoms with Gasteiger partial charge < -0.3 is 10.1 Å². The summed E-state index contributed by atoms with van der Waals surface area (Å²) in [6.45, 7) is 14.0. The summed E-state index contributed by atoms with van der Waals surface area (Å²) in [5.74, 6) is 1.87. The second-order valence-corrected chi connectivity index (χ2v) is 8.91. The van der Waals surface area contributed by atoms with Crippen LogP contribution in [0.2, 0.25) is 0 Å². The minimum absolute atomic E-state index is 0.0840. The average molecular weight is 366 g/mol. The fraction of sp³-hybridized carbons (Fsp3) is 0.435. The fourth-order valence-corrected chi connectivity index (χ4v) is 3.94. The van der Waals surface area contributed by atoms with Crippen LogP contribution in [-0.4, -0.2) is 21.5 Å². The van der Waals surface area contributed by atoms with Crippen molar-refractivity contribution in [3.05, 3.63) is 48.7 Å². The molecule has 0 unspecified atom stereocenters. The van der Waals surface area contributed by atoms with Crippen LogP contribution in [0.4, 0.5) is 5.82 Å². The van der Waals surface area contributed by atoms with E-state index in [1.165, 1.54) is 0 Å². The van der Waals surface area contributed by atoms with Gasteiger partial charge in [-0.25, -0.2) is 4.98 Å². The molecule has 1 N–H and O–H groups in total. The van der Waals surface area contributed by atoms with Crippen molar-refractivity contribution in [3.63, 3.8) is 0 Å². The highest BCUT2D eigenvalue weighted by Crippen LogP contribution is 2.38. The number of nitrogens with zero attached hydrogens (tertiary/aromatic N) is 2. The Labute approximate surface area is 162 Å². The van der Waals surface area contributed by atoms with Gasteiger partial charge in [-0.3, -0.25) is 4.40 Å². The Morgan fingerprint density at radius 3 is 2.41 bits per heavy atom. The first-order valence-corrected chi connectivity index (χ1v) is 9.68. The zero-order valence-electron chi connectivity index (χ0n) is 17.3. The SMILES string of the molecule is CCOc1ccccc1-c1nc2ccccn2c1NC(C)(C)CC(C)(C)C. The Balaban J connectivity index is 2.13. The number of rotatable bonds is 6. The van der Waals surface area contributed by atoms with Crippen molar-refractivity contribution in [2.45, 2.75) is 53.5 Å². The molecular formula is C23H31N3O. The molecule has 4 heteroatoms. The number of hydrogen-bond acceptors (Lipinski definition) is 3. The number of hydrogen-bond donors (Lipinski definition) is 1. The number of nitrogens with one attached hydrogen (secondary N) is 1. The molecule has 2 aromatic heterocycles. The Hall–Kier alpha value is -2.49. The van der Waals surface area contributed by atoms with Crippen molar-refractivity contribution in [1.29, 1.82) is 0 Å². The molecule has 0 fully saturated rings. The Morgan fingerprint density at radius 2 is 1.70 bits per heavy atom. The molecule has 0 spiro atoms. The minimum Gasteiger partial charge on any atom is -0.493 e. The molecule has 0 aliphatic rings. The van der Waals surface area contributed by atoms with Gasteiger partial charge in [0.15, 0.2) is 0 Å². The summed E-state index contributed by atoms with van der Waals surface area (Å²) in [5, 5.41) is 3.78. The molecule has 4 nitrogen and oxygen atoms in total. The van der Waals surface area contributed by atoms with Gasteiger partial charge in [-0.2, -0.15) is 0 Å². The van der Waals surface area contributed by atoms with Gasteiger partial charge in [-0.15, -0.1) is 0 Å². The number of anilines is 1. The molecule has 2 heterocycles. The summed E-state index contributed by atoms with van der Waals surface area (Å²) in [6, 6.07) is 14.2. The minimum atomic E-state index is -0.0840. The zero-order valence-corrected chi connectivity index (χ0v) is 17.3. The summed E-state index contributed by atoms with van der Waals surface area (Å²) in [5.41, 5.74) is 3.00. The molecule has 3 rings (SSSR count). The van der Waals surface area contributed by atoms with E-state index in [0.717, 1.165) is 34.9 Å². The summed E-state index contributed by atoms with van der Waals surface area (Å²) in [7, 11) is 0. The van der Waals surface area contributed by atoms with Crippen molar-refractivity contribution in [2.24, 2.45) is 5.41 Å². The molecule has 27 heavy (non-hydrogen) atoms. The van der Waals surface area contributed by atoms with Gasteiger partial charge in [0.25, 0.3) is 0 Å². The molecule has 0 saturated carbocycles. The van der Waals surface area contributed by atoms with Gasteiger partial charge in [0.1, 0.15) is 22.9 Å². The van der Waals surface area contributed by atoms with Gasteiger partial charge in [-0.1, -0.05) is 39.0 Å². The summed E-state index contributed by atoms with van der Waals surface area (Å²) in [4.78, 5) is 4.93. The van der Waals surface area contributed by atoms with Crippen LogP contribution in [0.1, 0.15) is 48.0 Å². The van der Waals surface area contributed by atoms with Crippen LogP contribution < -0.4 is 10.1 Å². The molecule has 0 radical (unpaired) electrons. The molecule has 0 saturated heterocycles. The lowest BCUT2D eigenvalue weighted by atomic mass is 9.82. The second-order valence-electron chi connectivity index (χ2n) is 8.91. The Kier molecular flexibility index (Phi) is 5.18. The highest BCUT2D eigenvalue weighted by Gasteiger charge is 2.28. The normalized spacial score (nSPS) is 12.4. The van der Waals surface area contributed by atoms with E-state index in [1.807, 2.05) is 43.3 Å². The zero-order chi connectivity index (χ0) is 19.7. The van der Waals surface area contributed by atoms with Gasteiger partial charge in [-0.05, 0) is 56.9 Å². The Morgan fingerprint density at radius 1 is 1.00 bits per heavy atom. The van der Waals surface area contributed by atoms with Crippen LogP contribution in [0, 0.1) is 5.41 Å². The van der Waals surface area contributed by atoms with Crippen LogP contribution in [0.25, 0.3) is 16.9 Å². The number of fused-ring (bicyclic) bond motifs is 1. The van der Waals surface area contributed by atoms with Crippen LogP contribution >= 0.6 is 0 Å². The lowest BCUT2D eigenvalue weighted by Crippen LogP contribution is -2.36. The van der Waals surface area contributed by atoms with Crippen molar-refractivity contribution in [2.75, 3.05) is 11.9 Å². The smallest absolute Gasteiger partial charge is 0.139 e. The van der Waals surface area contributed by atoms with Gasteiger partial charge in [0, 0.05) is 17.3 Å². The third-order valence-corrected chi connectivity index (χ3v) is 4.40. The molecule has 0 bridgehead atoms. The molecule has 3 aromatic rings. The van der Waals surface area contributed by atoms with E-state index in [9.17, 15) is 0 Å². The largest absolute Gasteiger partial charge is 0.493 e. The molecular weight excluding hydrogens is 334 g/mol. The fourth-order valence-electron chi connectivity index (χ4n) is 3.94. The van der Waals surface area contributed by atoms with E-state index in [0.29, 0.717) is 6.61 Å². The predicted octanol–water partition coefficient (Wildman–Crippen LogP) is 6.03. The van der Waals surface area contributed by atoms with E-state index < -0.39 is 0 Å². The van der Waals surface area contributed by atoms with Crippen molar-refractivity contribution < 1.29 is 4.74 Å². The molecule has 0 amide bonds.